The molecule has 1 aromatic heterocycles. The topological polar surface area (TPSA) is 87.5 Å². The van der Waals surface area contributed by atoms with E-state index in [1.807, 2.05) is 6.92 Å². The number of thioether (sulfide) groups is 1. The van der Waals surface area contributed by atoms with E-state index >= 15 is 0 Å². The molecule has 0 atom stereocenters. The fraction of sp³-hybridized carbons (Fsp3) is 0.318. The number of anilines is 1. The van der Waals surface area contributed by atoms with Gasteiger partial charge in [0.2, 0.25) is 5.91 Å². The quantitative estimate of drug-likeness (QED) is 0.409. The van der Waals surface area contributed by atoms with Crippen LogP contribution in [-0.2, 0) is 24.1 Å². The minimum atomic E-state index is -4.46. The van der Waals surface area contributed by atoms with E-state index in [4.69, 9.17) is 14.2 Å². The van der Waals surface area contributed by atoms with Crippen molar-refractivity contribution in [2.75, 3.05) is 25.3 Å². The molecule has 0 saturated carbocycles. The summed E-state index contributed by atoms with van der Waals surface area (Å²) in [6.45, 7) is 2.28. The summed E-state index contributed by atoms with van der Waals surface area (Å²) >= 11 is 1.18. The average Bonchev–Trinajstić information content (AvgIpc) is 3.23. The summed E-state index contributed by atoms with van der Waals surface area (Å²) in [6, 6.07) is 9.67. The van der Waals surface area contributed by atoms with Gasteiger partial charge in [0.25, 0.3) is 0 Å². The van der Waals surface area contributed by atoms with E-state index in [1.54, 1.807) is 22.8 Å². The molecule has 3 rings (SSSR count). The first-order chi connectivity index (χ1) is 16.2. The molecule has 0 aliphatic heterocycles. The summed E-state index contributed by atoms with van der Waals surface area (Å²) < 4.78 is 56.3. The number of benzene rings is 2. The number of methoxy groups -OCH3 is 2. The smallest absolute Gasteiger partial charge is 0.416 e. The van der Waals surface area contributed by atoms with Crippen LogP contribution in [0.1, 0.15) is 18.3 Å². The number of carbonyl (C=O) groups is 1. The molecule has 0 fully saturated rings. The van der Waals surface area contributed by atoms with Crippen LogP contribution in [0.3, 0.4) is 0 Å². The molecule has 8 nitrogen and oxygen atoms in total. The van der Waals surface area contributed by atoms with Gasteiger partial charge >= 0.3 is 6.18 Å². The molecule has 34 heavy (non-hydrogen) atoms. The number of alkyl halides is 3. The van der Waals surface area contributed by atoms with E-state index in [0.29, 0.717) is 34.7 Å². The minimum absolute atomic E-state index is 0.0573. The molecular formula is C22H23F3N4O4S. The van der Waals surface area contributed by atoms with Crippen molar-refractivity contribution in [1.29, 1.82) is 0 Å². The average molecular weight is 497 g/mol. The van der Waals surface area contributed by atoms with Crippen molar-refractivity contribution in [2.45, 2.75) is 31.4 Å². The number of ether oxygens (including phenoxy) is 3. The predicted octanol–water partition coefficient (Wildman–Crippen LogP) is 4.64. The van der Waals surface area contributed by atoms with Gasteiger partial charge in [-0.2, -0.15) is 13.2 Å². The van der Waals surface area contributed by atoms with E-state index in [-0.39, 0.29) is 24.0 Å². The molecule has 0 unspecified atom stereocenters. The van der Waals surface area contributed by atoms with Crippen LogP contribution in [0.5, 0.6) is 17.2 Å². The standard InChI is InChI=1S/C22H23F3N4O4S/c1-4-29-19(12-33-16-7-5-6-14(10-16)22(23,24)25)27-28-21(29)34-13-20(30)26-17-9-8-15(31-2)11-18(17)32-3/h5-11H,4,12-13H2,1-3H3,(H,26,30). The van der Waals surface area contributed by atoms with Crippen LogP contribution >= 0.6 is 11.8 Å². The van der Waals surface area contributed by atoms with Gasteiger partial charge in [-0.05, 0) is 37.3 Å². The maximum atomic E-state index is 12.9. The van der Waals surface area contributed by atoms with Crippen LogP contribution < -0.4 is 19.5 Å². The number of nitrogens with zero attached hydrogens (tertiary/aromatic N) is 3. The van der Waals surface area contributed by atoms with Crippen molar-refractivity contribution in [1.82, 2.24) is 14.8 Å². The van der Waals surface area contributed by atoms with Gasteiger partial charge < -0.3 is 24.1 Å². The highest BCUT2D eigenvalue weighted by Crippen LogP contribution is 2.32. The number of hydrogen-bond acceptors (Lipinski definition) is 7. The van der Waals surface area contributed by atoms with Gasteiger partial charge in [0, 0.05) is 12.6 Å². The van der Waals surface area contributed by atoms with Crippen molar-refractivity contribution in [3.63, 3.8) is 0 Å². The van der Waals surface area contributed by atoms with Crippen LogP contribution in [0.25, 0.3) is 0 Å². The van der Waals surface area contributed by atoms with Crippen LogP contribution in [0.4, 0.5) is 18.9 Å². The van der Waals surface area contributed by atoms with Gasteiger partial charge in [-0.15, -0.1) is 10.2 Å². The van der Waals surface area contributed by atoms with Crippen molar-refractivity contribution in [2.24, 2.45) is 0 Å². The normalized spacial score (nSPS) is 11.2. The van der Waals surface area contributed by atoms with Crippen molar-refractivity contribution >= 4 is 23.4 Å². The Hall–Kier alpha value is -3.41. The van der Waals surface area contributed by atoms with E-state index in [0.717, 1.165) is 12.1 Å². The molecule has 1 amide bonds. The molecule has 3 aromatic rings. The van der Waals surface area contributed by atoms with Gasteiger partial charge in [0.05, 0.1) is 31.2 Å². The fourth-order valence-corrected chi connectivity index (χ4v) is 3.80. The van der Waals surface area contributed by atoms with E-state index in [2.05, 4.69) is 15.5 Å². The second kappa shape index (κ2) is 11.1. The zero-order chi connectivity index (χ0) is 24.7. The molecule has 2 aromatic carbocycles. The van der Waals surface area contributed by atoms with Crippen molar-refractivity contribution in [3.05, 3.63) is 53.9 Å². The summed E-state index contributed by atoms with van der Waals surface area (Å²) in [5.41, 5.74) is -0.293. The highest BCUT2D eigenvalue weighted by Gasteiger charge is 2.30. The number of amides is 1. The molecule has 182 valence electrons. The lowest BCUT2D eigenvalue weighted by molar-refractivity contribution is -0.137. The summed E-state index contributed by atoms with van der Waals surface area (Å²) in [7, 11) is 3.03. The zero-order valence-corrected chi connectivity index (χ0v) is 19.5. The number of aromatic nitrogens is 3. The number of nitrogens with one attached hydrogen (secondary N) is 1. The van der Waals surface area contributed by atoms with E-state index in [1.165, 1.54) is 38.1 Å². The lowest BCUT2D eigenvalue weighted by atomic mass is 10.2. The first-order valence-electron chi connectivity index (χ1n) is 10.1. The maximum absolute atomic E-state index is 12.9. The highest BCUT2D eigenvalue weighted by atomic mass is 32.2. The molecule has 0 spiro atoms. The van der Waals surface area contributed by atoms with Gasteiger partial charge in [0.15, 0.2) is 11.0 Å². The molecule has 0 radical (unpaired) electrons. The number of halogens is 3. The molecule has 0 bridgehead atoms. The van der Waals surface area contributed by atoms with Gasteiger partial charge in [-0.3, -0.25) is 4.79 Å². The summed E-state index contributed by atoms with van der Waals surface area (Å²) in [6.07, 6.45) is -4.46. The number of carbonyl (C=O) groups excluding carboxylic acids is 1. The van der Waals surface area contributed by atoms with Gasteiger partial charge in [0.1, 0.15) is 23.9 Å². The highest BCUT2D eigenvalue weighted by molar-refractivity contribution is 7.99. The first kappa shape index (κ1) is 25.2. The molecule has 1 N–H and O–H groups in total. The SMILES string of the molecule is CCn1c(COc2cccc(C(F)(F)F)c2)nnc1SCC(=O)Nc1ccc(OC)cc1OC. The predicted molar refractivity (Wildman–Crippen MR) is 120 cm³/mol. The fourth-order valence-electron chi connectivity index (χ4n) is 2.98. The van der Waals surface area contributed by atoms with Gasteiger partial charge in [-0.1, -0.05) is 17.8 Å². The van der Waals surface area contributed by atoms with Crippen LogP contribution in [0.2, 0.25) is 0 Å². The molecule has 0 aliphatic rings. The third-order valence-corrected chi connectivity index (χ3v) is 5.62. The monoisotopic (exact) mass is 496 g/mol. The van der Waals surface area contributed by atoms with Crippen molar-refractivity contribution < 1.29 is 32.2 Å². The Morgan fingerprint density at radius 3 is 2.56 bits per heavy atom. The lowest BCUT2D eigenvalue weighted by Crippen LogP contribution is -2.15. The second-order valence-corrected chi connectivity index (χ2v) is 7.80. The Morgan fingerprint density at radius 1 is 1.09 bits per heavy atom. The Labute approximate surface area is 198 Å². The molecule has 0 saturated heterocycles. The Morgan fingerprint density at radius 2 is 1.88 bits per heavy atom. The largest absolute Gasteiger partial charge is 0.497 e. The number of hydrogen-bond donors (Lipinski definition) is 1. The van der Waals surface area contributed by atoms with E-state index < -0.39 is 11.7 Å². The summed E-state index contributed by atoms with van der Waals surface area (Å²) in [4.78, 5) is 12.4. The van der Waals surface area contributed by atoms with Crippen LogP contribution in [0.15, 0.2) is 47.6 Å². The Bertz CT molecular complexity index is 1140. The number of rotatable bonds is 10. The lowest BCUT2D eigenvalue weighted by Gasteiger charge is -2.12. The van der Waals surface area contributed by atoms with Crippen LogP contribution in [0, 0.1) is 0 Å². The third kappa shape index (κ3) is 6.34. The molecule has 1 heterocycles. The van der Waals surface area contributed by atoms with Crippen LogP contribution in [-0.4, -0.2) is 40.6 Å². The summed E-state index contributed by atoms with van der Waals surface area (Å²) in [5, 5.41) is 11.4. The maximum Gasteiger partial charge on any atom is 0.416 e. The molecule has 0 aliphatic carbocycles. The Kier molecular flexibility index (Phi) is 8.26. The molecular weight excluding hydrogens is 473 g/mol. The first-order valence-corrected chi connectivity index (χ1v) is 11.1. The van der Waals surface area contributed by atoms with E-state index in [9.17, 15) is 18.0 Å². The second-order valence-electron chi connectivity index (χ2n) is 6.86. The zero-order valence-electron chi connectivity index (χ0n) is 18.7. The minimum Gasteiger partial charge on any atom is -0.497 e. The Balaban J connectivity index is 1.61. The third-order valence-electron chi connectivity index (χ3n) is 4.65. The summed E-state index contributed by atoms with van der Waals surface area (Å²) in [5.74, 6) is 1.34. The van der Waals surface area contributed by atoms with Gasteiger partial charge in [-0.25, -0.2) is 0 Å². The molecule has 12 heteroatoms. The van der Waals surface area contributed by atoms with Crippen molar-refractivity contribution in [3.8, 4) is 17.2 Å².